The predicted octanol–water partition coefficient (Wildman–Crippen LogP) is 6.90. The molecule has 8 heteroatoms. The number of aliphatic imine (C=N–C) groups is 4. The molecule has 0 fully saturated rings. The van der Waals surface area contributed by atoms with E-state index in [0.717, 1.165) is 86.6 Å². The third-order valence-corrected chi connectivity index (χ3v) is 11.2. The zero-order valence-corrected chi connectivity index (χ0v) is 29.5. The molecule has 0 aliphatic carbocycles. The van der Waals surface area contributed by atoms with Gasteiger partial charge < -0.3 is 4.98 Å². The second kappa shape index (κ2) is 10.9. The van der Waals surface area contributed by atoms with Crippen molar-refractivity contribution in [3.8, 4) is 0 Å². The lowest BCUT2D eigenvalue weighted by molar-refractivity contribution is 1.14. The maximum Gasteiger partial charge on any atom is 0.164 e. The zero-order valence-electron chi connectivity index (χ0n) is 29.5. The Morgan fingerprint density at radius 1 is 0.304 bits per heavy atom. The van der Waals surface area contributed by atoms with Crippen LogP contribution in [0.4, 0.5) is 0 Å². The van der Waals surface area contributed by atoms with Gasteiger partial charge >= 0.3 is 0 Å². The van der Waals surface area contributed by atoms with Crippen molar-refractivity contribution in [3.63, 3.8) is 0 Å². The van der Waals surface area contributed by atoms with Gasteiger partial charge in [-0.3, -0.25) is 0 Å². The first-order valence-electron chi connectivity index (χ1n) is 18.6. The molecule has 8 aromatic carbocycles. The van der Waals surface area contributed by atoms with Crippen molar-refractivity contribution in [2.45, 2.75) is 0 Å². The number of H-pyrrole nitrogens is 1. The molecule has 0 amide bonds. The molecule has 1 aromatic heterocycles. The molecule has 1 radical (unpaired) electrons. The van der Waals surface area contributed by atoms with E-state index in [2.05, 4.69) is 138 Å². The van der Waals surface area contributed by atoms with Gasteiger partial charge in [0, 0.05) is 43.5 Å². The molecule has 13 rings (SSSR count). The van der Waals surface area contributed by atoms with E-state index < -0.39 is 0 Å². The summed E-state index contributed by atoms with van der Waals surface area (Å²) in [5.74, 6) is 3.31. The highest BCUT2D eigenvalue weighted by atomic mass is 15.2. The summed E-state index contributed by atoms with van der Waals surface area (Å²) in [7, 11) is 0. The van der Waals surface area contributed by atoms with Gasteiger partial charge in [0.05, 0.1) is 0 Å². The summed E-state index contributed by atoms with van der Waals surface area (Å²) in [5.41, 5.74) is 4.92. The molecule has 8 bridgehead atoms. The first-order valence-corrected chi connectivity index (χ1v) is 18.6. The average molecular weight is 714 g/mol. The van der Waals surface area contributed by atoms with Crippen LogP contribution < -0.4 is 26.7 Å². The van der Waals surface area contributed by atoms with E-state index >= 15 is 0 Å². The molecule has 0 atom stereocenters. The summed E-state index contributed by atoms with van der Waals surface area (Å²) in [6.45, 7) is 0. The number of rotatable bonds is 0. The van der Waals surface area contributed by atoms with E-state index in [0.29, 0.717) is 46.0 Å². The molecule has 56 heavy (non-hydrogen) atoms. The Kier molecular flexibility index (Phi) is 5.74. The lowest BCUT2D eigenvalue weighted by atomic mass is 10.0. The highest BCUT2D eigenvalue weighted by Crippen LogP contribution is 2.30. The molecular formula is C48H25N8. The number of nitrogens with one attached hydrogen (secondary N) is 1. The summed E-state index contributed by atoms with van der Waals surface area (Å²) in [6, 6.07) is 50.6. The van der Waals surface area contributed by atoms with Crippen LogP contribution in [0.1, 0.15) is 22.3 Å². The Morgan fingerprint density at radius 2 is 0.607 bits per heavy atom. The maximum atomic E-state index is 5.30. The molecular weight excluding hydrogens is 689 g/mol. The molecule has 5 heterocycles. The normalized spacial score (nSPS) is 15.2. The van der Waals surface area contributed by atoms with Crippen LogP contribution in [0.3, 0.4) is 0 Å². The second-order valence-corrected chi connectivity index (χ2v) is 14.5. The number of aromatic nitrogens is 1. The summed E-state index contributed by atoms with van der Waals surface area (Å²) >= 11 is 0. The van der Waals surface area contributed by atoms with Crippen molar-refractivity contribution in [1.29, 1.82) is 0 Å². The Labute approximate surface area is 317 Å². The van der Waals surface area contributed by atoms with E-state index in [1.807, 2.05) is 12.1 Å². The van der Waals surface area contributed by atoms with Crippen molar-refractivity contribution in [3.05, 3.63) is 189 Å². The Hall–Kier alpha value is -7.84. The summed E-state index contributed by atoms with van der Waals surface area (Å²) in [4.78, 5) is 35.1. The number of nitrogens with zero attached hydrogens (tertiary/aromatic N) is 7. The lowest BCUT2D eigenvalue weighted by Gasteiger charge is -2.05. The van der Waals surface area contributed by atoms with E-state index in [9.17, 15) is 0 Å². The number of amidine groups is 4. The van der Waals surface area contributed by atoms with Gasteiger partial charge in [-0.25, -0.2) is 35.3 Å². The van der Waals surface area contributed by atoms with Gasteiger partial charge in [0.1, 0.15) is 11.0 Å². The van der Waals surface area contributed by atoms with Crippen LogP contribution >= 0.6 is 0 Å². The minimum atomic E-state index is 0.543. The Balaban J connectivity index is 1.19. The lowest BCUT2D eigenvalue weighted by Crippen LogP contribution is -2.24. The molecule has 9 aromatic rings. The number of hydrogen-bond donors (Lipinski definition) is 1. The largest absolute Gasteiger partial charge is 0.324 e. The highest BCUT2D eigenvalue weighted by molar-refractivity contribution is 6.26. The van der Waals surface area contributed by atoms with Crippen molar-refractivity contribution in [1.82, 2.24) is 10.3 Å². The second-order valence-electron chi connectivity index (χ2n) is 14.5. The minimum absolute atomic E-state index is 0.543. The number of hydrogen-bond acceptors (Lipinski definition) is 6. The van der Waals surface area contributed by atoms with Crippen LogP contribution in [0.15, 0.2) is 176 Å². The van der Waals surface area contributed by atoms with E-state index in [1.54, 1.807) is 0 Å². The first kappa shape index (κ1) is 29.6. The SMILES string of the molecule is c1ccc2cc3c(cc2c1)C1=NC3=NC2=c3cc4ccccc4cc3=C([N]2)N=C2N=C(N=c3[nH]c(c4cc5ccccc5cc34)=N1)c1cc3ccccc3cc12. The van der Waals surface area contributed by atoms with E-state index in [4.69, 9.17) is 35.3 Å². The zero-order chi connectivity index (χ0) is 36.5. The van der Waals surface area contributed by atoms with Crippen molar-refractivity contribution < 1.29 is 0 Å². The first-order chi connectivity index (χ1) is 27.7. The van der Waals surface area contributed by atoms with Gasteiger partial charge in [-0.2, -0.15) is 0 Å². The average Bonchev–Trinajstić information content (AvgIpc) is 3.95. The van der Waals surface area contributed by atoms with Crippen LogP contribution in [0.25, 0.3) is 65.5 Å². The third kappa shape index (κ3) is 4.29. The Morgan fingerprint density at radius 3 is 0.964 bits per heavy atom. The maximum absolute atomic E-state index is 5.30. The molecule has 1 N–H and O–H groups in total. The fourth-order valence-electron chi connectivity index (χ4n) is 8.47. The van der Waals surface area contributed by atoms with Crippen molar-refractivity contribution >= 4 is 88.8 Å². The summed E-state index contributed by atoms with van der Waals surface area (Å²) in [5, 5.41) is 17.6. The Bertz CT molecular complexity index is 3490. The topological polar surface area (TPSA) is 104 Å². The van der Waals surface area contributed by atoms with Gasteiger partial charge in [-0.15, -0.1) is 0 Å². The quantitative estimate of drug-likeness (QED) is 0.177. The van der Waals surface area contributed by atoms with Crippen LogP contribution in [0, 0.1) is 0 Å². The number of benzene rings is 8. The molecule has 8 nitrogen and oxygen atoms in total. The molecule has 0 spiro atoms. The molecule has 0 saturated heterocycles. The van der Waals surface area contributed by atoms with Crippen molar-refractivity contribution in [2.75, 3.05) is 0 Å². The van der Waals surface area contributed by atoms with Crippen LogP contribution in [-0.2, 0) is 0 Å². The van der Waals surface area contributed by atoms with Crippen molar-refractivity contribution in [2.24, 2.45) is 30.0 Å². The smallest absolute Gasteiger partial charge is 0.164 e. The fourth-order valence-corrected chi connectivity index (χ4v) is 8.47. The number of aromatic amines is 1. The van der Waals surface area contributed by atoms with Gasteiger partial charge in [-0.05, 0) is 91.6 Å². The standard InChI is InChI=1S/C48H25N8/c1-2-10-26-18-34-33(17-25(26)9-1)41-49-42(34)54-44-37-21-29-13-5-6-14-30(29)22-38(37)46(51-44)56-48-40-24-32-16-8-7-15-31(32)23-39(40)47(52-48)55-45-36-20-28-12-4-3-11-27(28)19-35(36)43(50-45)53-41/h1-24H,(H,49,50,51,53,54,55,56). The van der Waals surface area contributed by atoms with Crippen LogP contribution in [-0.4, -0.2) is 28.3 Å². The molecule has 0 saturated carbocycles. The van der Waals surface area contributed by atoms with Gasteiger partial charge in [0.15, 0.2) is 35.0 Å². The number of fused-ring (bicyclic) bond motifs is 20. The van der Waals surface area contributed by atoms with Gasteiger partial charge in [0.25, 0.3) is 0 Å². The van der Waals surface area contributed by atoms with E-state index in [-0.39, 0.29) is 0 Å². The molecule has 257 valence electrons. The summed E-state index contributed by atoms with van der Waals surface area (Å²) in [6.07, 6.45) is 0. The van der Waals surface area contributed by atoms with Crippen LogP contribution in [0.5, 0.6) is 0 Å². The monoisotopic (exact) mass is 713 g/mol. The van der Waals surface area contributed by atoms with Gasteiger partial charge in [-0.1, -0.05) is 97.1 Å². The predicted molar refractivity (Wildman–Crippen MR) is 224 cm³/mol. The molecule has 4 aliphatic rings. The van der Waals surface area contributed by atoms with Crippen LogP contribution in [0.2, 0.25) is 0 Å². The van der Waals surface area contributed by atoms with Gasteiger partial charge in [0.2, 0.25) is 0 Å². The minimum Gasteiger partial charge on any atom is -0.324 e. The third-order valence-electron chi connectivity index (χ3n) is 11.2. The molecule has 4 aliphatic heterocycles. The van der Waals surface area contributed by atoms with E-state index in [1.165, 1.54) is 0 Å². The fraction of sp³-hybridized carbons (Fsp3) is 0. The highest BCUT2D eigenvalue weighted by Gasteiger charge is 2.28. The molecule has 0 unspecified atom stereocenters. The summed E-state index contributed by atoms with van der Waals surface area (Å²) < 4.78 is 0.